The van der Waals surface area contributed by atoms with Gasteiger partial charge >= 0.3 is 0 Å². The molecule has 0 atom stereocenters. The minimum atomic E-state index is 0.139. The van der Waals surface area contributed by atoms with E-state index in [1.165, 1.54) is 0 Å². The van der Waals surface area contributed by atoms with Gasteiger partial charge in [0.2, 0.25) is 0 Å². The topological polar surface area (TPSA) is 73.1 Å². The minimum Gasteiger partial charge on any atom is -0.385 e. The predicted molar refractivity (Wildman–Crippen MR) is 65.2 cm³/mol. The van der Waals surface area contributed by atoms with Crippen molar-refractivity contribution in [2.75, 3.05) is 31.3 Å². The molecule has 0 fully saturated rings. The van der Waals surface area contributed by atoms with Gasteiger partial charge < -0.3 is 15.8 Å². The van der Waals surface area contributed by atoms with Crippen LogP contribution in [0.3, 0.4) is 0 Å². The van der Waals surface area contributed by atoms with Gasteiger partial charge in [0.05, 0.1) is 0 Å². The van der Waals surface area contributed by atoms with Gasteiger partial charge in [0.1, 0.15) is 0 Å². The van der Waals surface area contributed by atoms with E-state index in [1.807, 2.05) is 0 Å². The third-order valence-corrected chi connectivity index (χ3v) is 2.44. The molecular formula is C11H20N4O. The molecule has 1 heterocycles. The number of methoxy groups -OCH3 is 1. The van der Waals surface area contributed by atoms with Crippen molar-refractivity contribution in [2.24, 2.45) is 5.41 Å². The molecule has 3 N–H and O–H groups in total. The molecule has 0 radical (unpaired) electrons. The Bertz CT molecular complexity index is 328. The van der Waals surface area contributed by atoms with Crippen molar-refractivity contribution in [3.63, 3.8) is 0 Å². The molecule has 0 aliphatic rings. The van der Waals surface area contributed by atoms with Crippen LogP contribution in [0.15, 0.2) is 12.4 Å². The average Bonchev–Trinajstić information content (AvgIpc) is 2.26. The average molecular weight is 224 g/mol. The number of anilines is 2. The maximum Gasteiger partial charge on any atom is 0.168 e. The van der Waals surface area contributed by atoms with E-state index in [2.05, 4.69) is 29.1 Å². The van der Waals surface area contributed by atoms with Gasteiger partial charge in [0.15, 0.2) is 11.6 Å². The standard InChI is InChI=1S/C11H20N4O/c1-11(2,4-7-16-3)8-15-10-9(12)13-5-6-14-10/h5-6H,4,7-8H2,1-3H3,(H2,12,13)(H,14,15). The monoisotopic (exact) mass is 224 g/mol. The second-order valence-corrected chi connectivity index (χ2v) is 4.55. The van der Waals surface area contributed by atoms with Gasteiger partial charge in [-0.1, -0.05) is 13.8 Å². The van der Waals surface area contributed by atoms with Crippen molar-refractivity contribution in [1.29, 1.82) is 0 Å². The van der Waals surface area contributed by atoms with Gasteiger partial charge in [-0.2, -0.15) is 0 Å². The molecule has 1 rings (SSSR count). The first kappa shape index (κ1) is 12.7. The first-order chi connectivity index (χ1) is 7.55. The number of nitrogens with two attached hydrogens (primary N) is 1. The fraction of sp³-hybridized carbons (Fsp3) is 0.636. The van der Waals surface area contributed by atoms with Crippen LogP contribution in [0.5, 0.6) is 0 Å². The van der Waals surface area contributed by atoms with Gasteiger partial charge in [0.25, 0.3) is 0 Å². The van der Waals surface area contributed by atoms with Gasteiger partial charge in [0, 0.05) is 32.7 Å². The van der Waals surface area contributed by atoms with Crippen molar-refractivity contribution >= 4 is 11.6 Å². The lowest BCUT2D eigenvalue weighted by Crippen LogP contribution is -2.25. The van der Waals surface area contributed by atoms with E-state index in [9.17, 15) is 0 Å². The zero-order chi connectivity index (χ0) is 12.0. The largest absolute Gasteiger partial charge is 0.385 e. The quantitative estimate of drug-likeness (QED) is 0.766. The molecule has 5 nitrogen and oxygen atoms in total. The van der Waals surface area contributed by atoms with Crippen molar-refractivity contribution in [3.8, 4) is 0 Å². The summed E-state index contributed by atoms with van der Waals surface area (Å²) in [5.41, 5.74) is 5.83. The number of nitrogens with zero attached hydrogens (tertiary/aromatic N) is 2. The Morgan fingerprint density at radius 1 is 1.38 bits per heavy atom. The van der Waals surface area contributed by atoms with E-state index in [0.29, 0.717) is 11.6 Å². The summed E-state index contributed by atoms with van der Waals surface area (Å²) >= 11 is 0. The molecule has 16 heavy (non-hydrogen) atoms. The molecule has 0 aliphatic carbocycles. The summed E-state index contributed by atoms with van der Waals surface area (Å²) < 4.78 is 5.07. The molecule has 0 spiro atoms. The Labute approximate surface area is 96.4 Å². The second kappa shape index (κ2) is 5.65. The highest BCUT2D eigenvalue weighted by molar-refractivity contribution is 5.54. The van der Waals surface area contributed by atoms with E-state index in [-0.39, 0.29) is 5.41 Å². The van der Waals surface area contributed by atoms with Crippen molar-refractivity contribution < 1.29 is 4.74 Å². The summed E-state index contributed by atoms with van der Waals surface area (Å²) in [6.45, 7) is 5.89. The molecule has 0 saturated heterocycles. The molecule has 0 saturated carbocycles. The molecular weight excluding hydrogens is 204 g/mol. The summed E-state index contributed by atoms with van der Waals surface area (Å²) in [7, 11) is 1.71. The maximum atomic E-state index is 5.69. The van der Waals surface area contributed by atoms with Crippen LogP contribution in [0.1, 0.15) is 20.3 Å². The maximum absolute atomic E-state index is 5.69. The molecule has 1 aromatic heterocycles. The number of hydrogen-bond donors (Lipinski definition) is 2. The summed E-state index contributed by atoms with van der Waals surface area (Å²) in [6.07, 6.45) is 4.19. The van der Waals surface area contributed by atoms with Crippen LogP contribution < -0.4 is 11.1 Å². The number of hydrogen-bond acceptors (Lipinski definition) is 5. The molecule has 90 valence electrons. The van der Waals surface area contributed by atoms with E-state index in [0.717, 1.165) is 19.6 Å². The molecule has 0 bridgehead atoms. The molecule has 0 aliphatic heterocycles. The van der Waals surface area contributed by atoms with Crippen LogP contribution in [0.4, 0.5) is 11.6 Å². The Kier molecular flexibility index (Phi) is 4.49. The normalized spacial score (nSPS) is 11.4. The number of nitrogens with one attached hydrogen (secondary N) is 1. The summed E-state index contributed by atoms with van der Waals surface area (Å²) in [5, 5.41) is 3.21. The van der Waals surface area contributed by atoms with E-state index < -0.39 is 0 Å². The van der Waals surface area contributed by atoms with Crippen LogP contribution in [0, 0.1) is 5.41 Å². The molecule has 0 unspecified atom stereocenters. The van der Waals surface area contributed by atoms with E-state index in [1.54, 1.807) is 19.5 Å². The van der Waals surface area contributed by atoms with E-state index >= 15 is 0 Å². The highest BCUT2D eigenvalue weighted by Gasteiger charge is 2.17. The molecule has 0 amide bonds. The molecule has 5 heteroatoms. The first-order valence-electron chi connectivity index (χ1n) is 5.34. The summed E-state index contributed by atoms with van der Waals surface area (Å²) in [5.74, 6) is 1.08. The summed E-state index contributed by atoms with van der Waals surface area (Å²) in [4.78, 5) is 8.10. The number of aromatic nitrogens is 2. The third-order valence-electron chi connectivity index (χ3n) is 2.44. The van der Waals surface area contributed by atoms with Crippen molar-refractivity contribution in [2.45, 2.75) is 20.3 Å². The van der Waals surface area contributed by atoms with Crippen LogP contribution in [-0.2, 0) is 4.74 Å². The first-order valence-corrected chi connectivity index (χ1v) is 5.34. The fourth-order valence-electron chi connectivity index (χ4n) is 1.27. The van der Waals surface area contributed by atoms with Crippen LogP contribution in [0.25, 0.3) is 0 Å². The van der Waals surface area contributed by atoms with E-state index in [4.69, 9.17) is 10.5 Å². The van der Waals surface area contributed by atoms with Gasteiger partial charge in [-0.25, -0.2) is 9.97 Å². The Balaban J connectivity index is 2.47. The van der Waals surface area contributed by atoms with Crippen molar-refractivity contribution in [1.82, 2.24) is 9.97 Å². The van der Waals surface area contributed by atoms with Gasteiger partial charge in [-0.15, -0.1) is 0 Å². The zero-order valence-corrected chi connectivity index (χ0v) is 10.2. The lowest BCUT2D eigenvalue weighted by atomic mass is 9.90. The predicted octanol–water partition coefficient (Wildman–Crippen LogP) is 1.53. The van der Waals surface area contributed by atoms with Crippen LogP contribution >= 0.6 is 0 Å². The number of nitrogen functional groups attached to an aromatic ring is 1. The number of rotatable bonds is 6. The number of ether oxygens (including phenoxy) is 1. The fourth-order valence-corrected chi connectivity index (χ4v) is 1.27. The summed E-state index contributed by atoms with van der Waals surface area (Å²) in [6, 6.07) is 0. The Morgan fingerprint density at radius 2 is 2.06 bits per heavy atom. The third kappa shape index (κ3) is 4.02. The van der Waals surface area contributed by atoms with Gasteiger partial charge in [-0.05, 0) is 11.8 Å². The lowest BCUT2D eigenvalue weighted by molar-refractivity contribution is 0.157. The highest BCUT2D eigenvalue weighted by Crippen LogP contribution is 2.21. The van der Waals surface area contributed by atoms with Crippen LogP contribution in [-0.4, -0.2) is 30.2 Å². The Hall–Kier alpha value is -1.36. The zero-order valence-electron chi connectivity index (χ0n) is 10.2. The molecule has 0 aromatic carbocycles. The van der Waals surface area contributed by atoms with Gasteiger partial charge in [-0.3, -0.25) is 0 Å². The smallest absolute Gasteiger partial charge is 0.168 e. The SMILES string of the molecule is COCCC(C)(C)CNc1nccnc1N. The lowest BCUT2D eigenvalue weighted by Gasteiger charge is -2.24. The Morgan fingerprint density at radius 3 is 2.69 bits per heavy atom. The van der Waals surface area contributed by atoms with Crippen molar-refractivity contribution in [3.05, 3.63) is 12.4 Å². The minimum absolute atomic E-state index is 0.139. The molecule has 1 aromatic rings. The highest BCUT2D eigenvalue weighted by atomic mass is 16.5. The second-order valence-electron chi connectivity index (χ2n) is 4.55. The van der Waals surface area contributed by atoms with Crippen LogP contribution in [0.2, 0.25) is 0 Å².